The number of rotatable bonds is 8. The number of hydrogen-bond acceptors (Lipinski definition) is 4. The van der Waals surface area contributed by atoms with Crippen molar-refractivity contribution in [2.75, 3.05) is 47.1 Å². The standard InChI is InChI=1S/C24H33N3O3.HI/c1-19-4-8-22(9-5-19)30-17-14-26-23(25-2)27-18-24(12-15-29-16-13-24)20-6-10-21(28-3)11-7-20;/h4-11H,12-18H2,1-3H3,(H2,25,26,27);1H. The number of guanidine groups is 1. The molecule has 1 fully saturated rings. The van der Waals surface area contributed by atoms with Crippen molar-refractivity contribution in [3.63, 3.8) is 0 Å². The first kappa shape index (κ1) is 25.3. The van der Waals surface area contributed by atoms with Crippen LogP contribution in [0.15, 0.2) is 53.5 Å². The molecule has 2 N–H and O–H groups in total. The molecule has 0 saturated carbocycles. The molecule has 3 rings (SSSR count). The third-order valence-corrected chi connectivity index (χ3v) is 5.65. The molecule has 1 aliphatic rings. The number of nitrogens with one attached hydrogen (secondary N) is 2. The fourth-order valence-electron chi connectivity index (χ4n) is 3.72. The van der Waals surface area contributed by atoms with E-state index >= 15 is 0 Å². The second-order valence-electron chi connectivity index (χ2n) is 7.64. The van der Waals surface area contributed by atoms with Gasteiger partial charge in [-0.05, 0) is 49.6 Å². The summed E-state index contributed by atoms with van der Waals surface area (Å²) in [4.78, 5) is 4.37. The molecule has 1 heterocycles. The molecule has 31 heavy (non-hydrogen) atoms. The molecule has 2 aromatic rings. The van der Waals surface area contributed by atoms with Crippen molar-refractivity contribution in [1.29, 1.82) is 0 Å². The van der Waals surface area contributed by atoms with Gasteiger partial charge >= 0.3 is 0 Å². The zero-order chi connectivity index (χ0) is 21.2. The lowest BCUT2D eigenvalue weighted by Crippen LogP contribution is -2.48. The maximum absolute atomic E-state index is 5.79. The summed E-state index contributed by atoms with van der Waals surface area (Å²) in [6.07, 6.45) is 1.94. The molecule has 0 aromatic heterocycles. The first-order valence-corrected chi connectivity index (χ1v) is 10.5. The fraction of sp³-hybridized carbons (Fsp3) is 0.458. The molecule has 0 aliphatic carbocycles. The number of aryl methyl sites for hydroxylation is 1. The summed E-state index contributed by atoms with van der Waals surface area (Å²) in [5.41, 5.74) is 2.54. The highest BCUT2D eigenvalue weighted by atomic mass is 127. The molecule has 0 unspecified atom stereocenters. The summed E-state index contributed by atoms with van der Waals surface area (Å²) in [6, 6.07) is 16.5. The van der Waals surface area contributed by atoms with Crippen LogP contribution in [0.3, 0.4) is 0 Å². The summed E-state index contributed by atoms with van der Waals surface area (Å²) in [5.74, 6) is 2.54. The maximum Gasteiger partial charge on any atom is 0.191 e. The smallest absolute Gasteiger partial charge is 0.191 e. The van der Waals surface area contributed by atoms with Crippen LogP contribution in [0.1, 0.15) is 24.0 Å². The number of ether oxygens (including phenoxy) is 3. The van der Waals surface area contributed by atoms with E-state index in [9.17, 15) is 0 Å². The van der Waals surface area contributed by atoms with Crippen LogP contribution in [0.2, 0.25) is 0 Å². The van der Waals surface area contributed by atoms with Crippen molar-refractivity contribution in [3.05, 3.63) is 59.7 Å². The Hall–Kier alpha value is -2.00. The Labute approximate surface area is 202 Å². The molecule has 0 amide bonds. The molecule has 0 radical (unpaired) electrons. The van der Waals surface area contributed by atoms with Gasteiger partial charge in [0.05, 0.1) is 13.7 Å². The minimum Gasteiger partial charge on any atom is -0.497 e. The van der Waals surface area contributed by atoms with Gasteiger partial charge in [0.15, 0.2) is 5.96 Å². The van der Waals surface area contributed by atoms with Crippen LogP contribution in [-0.4, -0.2) is 53.0 Å². The molecule has 0 atom stereocenters. The lowest BCUT2D eigenvalue weighted by Gasteiger charge is -2.38. The second kappa shape index (κ2) is 12.8. The van der Waals surface area contributed by atoms with Gasteiger partial charge in [-0.3, -0.25) is 4.99 Å². The molecular formula is C24H34IN3O3. The van der Waals surface area contributed by atoms with Gasteiger partial charge in [0.1, 0.15) is 18.1 Å². The number of methoxy groups -OCH3 is 1. The largest absolute Gasteiger partial charge is 0.497 e. The first-order chi connectivity index (χ1) is 14.6. The van der Waals surface area contributed by atoms with Crippen molar-refractivity contribution in [2.24, 2.45) is 4.99 Å². The van der Waals surface area contributed by atoms with Gasteiger partial charge in [-0.25, -0.2) is 0 Å². The van der Waals surface area contributed by atoms with Crippen LogP contribution >= 0.6 is 24.0 Å². The third-order valence-electron chi connectivity index (χ3n) is 5.65. The molecule has 1 saturated heterocycles. The Morgan fingerprint density at radius 1 is 1.00 bits per heavy atom. The highest BCUT2D eigenvalue weighted by Gasteiger charge is 2.34. The van der Waals surface area contributed by atoms with Crippen molar-refractivity contribution >= 4 is 29.9 Å². The molecule has 2 aromatic carbocycles. The van der Waals surface area contributed by atoms with E-state index in [0.717, 1.165) is 50.1 Å². The fourth-order valence-corrected chi connectivity index (χ4v) is 3.72. The van der Waals surface area contributed by atoms with Crippen molar-refractivity contribution in [3.8, 4) is 11.5 Å². The van der Waals surface area contributed by atoms with Crippen LogP contribution in [0.25, 0.3) is 0 Å². The summed E-state index contributed by atoms with van der Waals surface area (Å²) in [7, 11) is 3.49. The van der Waals surface area contributed by atoms with E-state index in [1.807, 2.05) is 24.3 Å². The molecule has 7 heteroatoms. The lowest BCUT2D eigenvalue weighted by atomic mass is 9.74. The van der Waals surface area contributed by atoms with Gasteiger partial charge in [-0.15, -0.1) is 24.0 Å². The zero-order valence-corrected chi connectivity index (χ0v) is 21.0. The van der Waals surface area contributed by atoms with Gasteiger partial charge in [0, 0.05) is 32.2 Å². The van der Waals surface area contributed by atoms with Gasteiger partial charge in [0.2, 0.25) is 0 Å². The number of benzene rings is 2. The van der Waals surface area contributed by atoms with Crippen LogP contribution in [0.5, 0.6) is 11.5 Å². The predicted octanol–water partition coefficient (Wildman–Crippen LogP) is 3.91. The summed E-state index contributed by atoms with van der Waals surface area (Å²) in [6.45, 7) is 5.64. The molecule has 0 spiro atoms. The minimum absolute atomic E-state index is 0. The Balaban J connectivity index is 0.00000341. The van der Waals surface area contributed by atoms with Gasteiger partial charge in [-0.2, -0.15) is 0 Å². The van der Waals surface area contributed by atoms with Crippen LogP contribution < -0.4 is 20.1 Å². The number of aliphatic imine (C=N–C) groups is 1. The van der Waals surface area contributed by atoms with Crippen LogP contribution in [-0.2, 0) is 10.2 Å². The van der Waals surface area contributed by atoms with E-state index in [1.165, 1.54) is 11.1 Å². The topological polar surface area (TPSA) is 64.1 Å². The predicted molar refractivity (Wildman–Crippen MR) is 136 cm³/mol. The van der Waals surface area contributed by atoms with Gasteiger partial charge in [-0.1, -0.05) is 29.8 Å². The average molecular weight is 539 g/mol. The quantitative estimate of drug-likeness (QED) is 0.231. The van der Waals surface area contributed by atoms with Crippen LogP contribution in [0.4, 0.5) is 0 Å². The Morgan fingerprint density at radius 2 is 1.65 bits per heavy atom. The first-order valence-electron chi connectivity index (χ1n) is 10.5. The molecular weight excluding hydrogens is 505 g/mol. The average Bonchev–Trinajstić information content (AvgIpc) is 2.80. The van der Waals surface area contributed by atoms with E-state index in [1.54, 1.807) is 14.2 Å². The van der Waals surface area contributed by atoms with Gasteiger partial charge < -0.3 is 24.8 Å². The second-order valence-corrected chi connectivity index (χ2v) is 7.64. The molecule has 6 nitrogen and oxygen atoms in total. The Bertz CT molecular complexity index is 804. The van der Waals surface area contributed by atoms with E-state index in [2.05, 4.69) is 46.8 Å². The van der Waals surface area contributed by atoms with Crippen molar-refractivity contribution in [2.45, 2.75) is 25.2 Å². The van der Waals surface area contributed by atoms with Crippen molar-refractivity contribution in [1.82, 2.24) is 10.6 Å². The SMILES string of the molecule is CN=C(NCCOc1ccc(C)cc1)NCC1(c2ccc(OC)cc2)CCOCC1.I. The minimum atomic E-state index is 0. The highest BCUT2D eigenvalue weighted by molar-refractivity contribution is 14.0. The van der Waals surface area contributed by atoms with E-state index in [-0.39, 0.29) is 29.4 Å². The number of hydrogen-bond donors (Lipinski definition) is 2. The number of nitrogens with zero attached hydrogens (tertiary/aromatic N) is 1. The Kier molecular flexibility index (Phi) is 10.4. The van der Waals surface area contributed by atoms with E-state index in [0.29, 0.717) is 13.2 Å². The summed E-state index contributed by atoms with van der Waals surface area (Å²) in [5, 5.41) is 6.85. The third kappa shape index (κ3) is 7.28. The summed E-state index contributed by atoms with van der Waals surface area (Å²) >= 11 is 0. The summed E-state index contributed by atoms with van der Waals surface area (Å²) < 4.78 is 16.7. The maximum atomic E-state index is 5.79. The number of halogens is 1. The highest BCUT2D eigenvalue weighted by Crippen LogP contribution is 2.35. The van der Waals surface area contributed by atoms with E-state index in [4.69, 9.17) is 14.2 Å². The Morgan fingerprint density at radius 3 is 2.26 bits per heavy atom. The van der Waals surface area contributed by atoms with Gasteiger partial charge in [0.25, 0.3) is 0 Å². The van der Waals surface area contributed by atoms with Crippen molar-refractivity contribution < 1.29 is 14.2 Å². The monoisotopic (exact) mass is 539 g/mol. The molecule has 1 aliphatic heterocycles. The zero-order valence-electron chi connectivity index (χ0n) is 18.6. The van der Waals surface area contributed by atoms with Crippen LogP contribution in [0, 0.1) is 6.92 Å². The normalized spacial score (nSPS) is 15.5. The van der Waals surface area contributed by atoms with E-state index < -0.39 is 0 Å². The molecule has 170 valence electrons. The lowest BCUT2D eigenvalue weighted by molar-refractivity contribution is 0.0513. The molecule has 0 bridgehead atoms.